The maximum Gasteiger partial charge on any atom is 0.328 e. The molecule has 0 rings (SSSR count). The van der Waals surface area contributed by atoms with Crippen LogP contribution in [0.5, 0.6) is 0 Å². The van der Waals surface area contributed by atoms with Crippen molar-refractivity contribution < 1.29 is 29.4 Å². The van der Waals surface area contributed by atoms with Gasteiger partial charge in [-0.05, 0) is 12.8 Å². The number of hydrogen-bond acceptors (Lipinski definition) is 8. The number of rotatable bonds is 12. The highest BCUT2D eigenvalue weighted by atomic mass is 32.1. The number of nitrogens with one attached hydrogen (secondary N) is 3. The second-order valence-electron chi connectivity index (χ2n) is 6.47. The lowest BCUT2D eigenvalue weighted by molar-refractivity contribution is -0.145. The first-order valence-corrected chi connectivity index (χ1v) is 10.1. The summed E-state index contributed by atoms with van der Waals surface area (Å²) in [6, 6.07) is -4.55. The van der Waals surface area contributed by atoms with Crippen LogP contribution in [0.3, 0.4) is 0 Å². The Balaban J connectivity index is 5.30. The van der Waals surface area contributed by atoms with Crippen molar-refractivity contribution in [2.24, 2.45) is 11.7 Å². The lowest BCUT2D eigenvalue weighted by Gasteiger charge is -2.28. The van der Waals surface area contributed by atoms with Crippen molar-refractivity contribution >= 4 is 48.9 Å². The van der Waals surface area contributed by atoms with Gasteiger partial charge in [0.15, 0.2) is 6.04 Å². The first-order valence-electron chi connectivity index (χ1n) is 8.79. The van der Waals surface area contributed by atoms with Crippen molar-refractivity contribution in [1.29, 1.82) is 0 Å². The molecule has 3 amide bonds. The largest absolute Gasteiger partial charge is 0.480 e. The highest BCUT2D eigenvalue weighted by Gasteiger charge is 2.33. The van der Waals surface area contributed by atoms with Gasteiger partial charge in [0, 0.05) is 11.5 Å². The monoisotopic (exact) mass is 438 g/mol. The quantitative estimate of drug-likeness (QED) is 0.165. The van der Waals surface area contributed by atoms with Gasteiger partial charge in [0.05, 0.1) is 12.1 Å². The topological polar surface area (TPSA) is 171 Å². The summed E-state index contributed by atoms with van der Waals surface area (Å²) >= 11 is 7.96. The smallest absolute Gasteiger partial charge is 0.328 e. The summed E-state index contributed by atoms with van der Waals surface area (Å²) in [5, 5.41) is 25.8. The Hall–Kier alpha value is -1.50. The van der Waals surface area contributed by atoms with E-state index in [2.05, 4.69) is 41.2 Å². The van der Waals surface area contributed by atoms with Gasteiger partial charge in [-0.25, -0.2) is 4.79 Å². The van der Waals surface area contributed by atoms with Gasteiger partial charge >= 0.3 is 5.97 Å². The van der Waals surface area contributed by atoms with Crippen LogP contribution in [-0.2, 0) is 19.2 Å². The van der Waals surface area contributed by atoms with Gasteiger partial charge in [0.1, 0.15) is 12.1 Å². The van der Waals surface area contributed by atoms with Crippen LogP contribution in [0.15, 0.2) is 0 Å². The number of carboxylic acid groups (broad SMARTS) is 1. The molecule has 12 heteroatoms. The van der Waals surface area contributed by atoms with Crippen LogP contribution >= 0.6 is 25.3 Å². The number of nitrogens with two attached hydrogens (primary N) is 1. The average Bonchev–Trinajstić information content (AvgIpc) is 2.65. The maximum atomic E-state index is 12.5. The number of aliphatic hydroxyl groups is 1. The minimum Gasteiger partial charge on any atom is -0.480 e. The van der Waals surface area contributed by atoms with Crippen LogP contribution in [0.2, 0.25) is 0 Å². The molecule has 0 bridgehead atoms. The Morgan fingerprint density at radius 1 is 0.929 bits per heavy atom. The van der Waals surface area contributed by atoms with E-state index in [0.717, 1.165) is 0 Å². The molecule has 7 N–H and O–H groups in total. The molecule has 0 radical (unpaired) electrons. The van der Waals surface area contributed by atoms with Crippen molar-refractivity contribution in [2.75, 3.05) is 11.5 Å². The van der Waals surface area contributed by atoms with E-state index in [0.29, 0.717) is 6.42 Å². The van der Waals surface area contributed by atoms with Gasteiger partial charge < -0.3 is 31.9 Å². The summed E-state index contributed by atoms with van der Waals surface area (Å²) in [5.41, 5.74) is 5.56. The number of aliphatic hydroxyl groups excluding tert-OH is 1. The van der Waals surface area contributed by atoms with Crippen molar-refractivity contribution in [2.45, 2.75) is 57.5 Å². The van der Waals surface area contributed by atoms with Crippen LogP contribution in [0.4, 0.5) is 0 Å². The van der Waals surface area contributed by atoms with Crippen molar-refractivity contribution in [1.82, 2.24) is 16.0 Å². The molecule has 6 atom stereocenters. The highest BCUT2D eigenvalue weighted by molar-refractivity contribution is 7.80. The fourth-order valence-electron chi connectivity index (χ4n) is 2.14. The third-order valence-corrected chi connectivity index (χ3v) is 4.95. The van der Waals surface area contributed by atoms with E-state index in [1.54, 1.807) is 13.8 Å². The van der Waals surface area contributed by atoms with Gasteiger partial charge in [-0.15, -0.1) is 0 Å². The van der Waals surface area contributed by atoms with E-state index in [-0.39, 0.29) is 17.4 Å². The second-order valence-corrected chi connectivity index (χ2v) is 7.20. The van der Waals surface area contributed by atoms with Gasteiger partial charge in [0.25, 0.3) is 0 Å². The van der Waals surface area contributed by atoms with E-state index in [1.807, 2.05) is 0 Å². The Bertz CT molecular complexity index is 563. The summed E-state index contributed by atoms with van der Waals surface area (Å²) in [4.78, 5) is 48.2. The fraction of sp³-hybridized carbons (Fsp3) is 0.750. The SMILES string of the molecule is CCC(C)C(NC(=O)C(CS)NC(=O)C(N)CS)C(=O)NC(C(=O)O)C(C)O. The molecule has 0 aliphatic rings. The van der Waals surface area contributed by atoms with Crippen LogP contribution < -0.4 is 21.7 Å². The molecule has 0 aromatic rings. The molecule has 0 aromatic carbocycles. The van der Waals surface area contributed by atoms with Gasteiger partial charge in [-0.1, -0.05) is 20.3 Å². The summed E-state index contributed by atoms with van der Waals surface area (Å²) in [6.45, 7) is 4.73. The minimum absolute atomic E-state index is 0.0445. The normalized spacial score (nSPS) is 17.4. The molecule has 6 unspecified atom stereocenters. The zero-order valence-electron chi connectivity index (χ0n) is 16.1. The molecule has 0 heterocycles. The predicted molar refractivity (Wildman–Crippen MR) is 110 cm³/mol. The minimum atomic E-state index is -1.52. The standard InChI is InChI=1S/C16H30N4O6S2/c1-4-7(2)11(15(24)20-12(8(3)21)16(25)26)19-14(23)10(6-28)18-13(22)9(17)5-27/h7-12,21,27-28H,4-6,17H2,1-3H3,(H,18,22)(H,19,23)(H,20,24)(H,25,26). The number of hydrogen-bond donors (Lipinski definition) is 8. The van der Waals surface area contributed by atoms with Crippen molar-refractivity contribution in [3.63, 3.8) is 0 Å². The number of carbonyl (C=O) groups is 4. The number of carboxylic acids is 1. The number of amides is 3. The Labute approximate surface area is 175 Å². The highest BCUT2D eigenvalue weighted by Crippen LogP contribution is 2.10. The Kier molecular flexibility index (Phi) is 12.2. The predicted octanol–water partition coefficient (Wildman–Crippen LogP) is -1.86. The lowest BCUT2D eigenvalue weighted by Crippen LogP contribution is -2.60. The van der Waals surface area contributed by atoms with E-state index >= 15 is 0 Å². The molecule has 10 nitrogen and oxygen atoms in total. The first-order chi connectivity index (χ1) is 13.0. The Morgan fingerprint density at radius 2 is 1.46 bits per heavy atom. The van der Waals surface area contributed by atoms with E-state index in [4.69, 9.17) is 10.8 Å². The summed E-state index contributed by atoms with van der Waals surface area (Å²) < 4.78 is 0. The Morgan fingerprint density at radius 3 is 1.86 bits per heavy atom. The molecule has 0 fully saturated rings. The van der Waals surface area contributed by atoms with Crippen LogP contribution in [0.1, 0.15) is 27.2 Å². The molecule has 0 saturated heterocycles. The lowest BCUT2D eigenvalue weighted by atomic mass is 9.97. The summed E-state index contributed by atoms with van der Waals surface area (Å²) in [7, 11) is 0. The molecule has 28 heavy (non-hydrogen) atoms. The third-order valence-electron chi connectivity index (χ3n) is 4.19. The van der Waals surface area contributed by atoms with E-state index < -0.39 is 54.0 Å². The average molecular weight is 439 g/mol. The molecule has 0 aliphatic heterocycles. The molecular formula is C16H30N4O6S2. The zero-order chi connectivity index (χ0) is 22.0. The number of thiol groups is 2. The molecule has 0 aliphatic carbocycles. The van der Waals surface area contributed by atoms with Gasteiger partial charge in [0.2, 0.25) is 17.7 Å². The molecule has 0 saturated carbocycles. The van der Waals surface area contributed by atoms with Crippen molar-refractivity contribution in [3.05, 3.63) is 0 Å². The van der Waals surface area contributed by atoms with E-state index in [9.17, 15) is 24.3 Å². The van der Waals surface area contributed by atoms with Crippen LogP contribution in [0.25, 0.3) is 0 Å². The second kappa shape index (κ2) is 12.9. The van der Waals surface area contributed by atoms with E-state index in [1.165, 1.54) is 6.92 Å². The number of carbonyl (C=O) groups excluding carboxylic acids is 3. The molecule has 162 valence electrons. The number of aliphatic carboxylic acids is 1. The fourth-order valence-corrected chi connectivity index (χ4v) is 2.57. The summed E-state index contributed by atoms with van der Waals surface area (Å²) in [6.07, 6.45) is -0.824. The molecule has 0 spiro atoms. The maximum absolute atomic E-state index is 12.5. The van der Waals surface area contributed by atoms with Crippen LogP contribution in [0, 0.1) is 5.92 Å². The van der Waals surface area contributed by atoms with Gasteiger partial charge in [-0.2, -0.15) is 25.3 Å². The zero-order valence-corrected chi connectivity index (χ0v) is 17.9. The molecule has 0 aromatic heterocycles. The van der Waals surface area contributed by atoms with Crippen molar-refractivity contribution in [3.8, 4) is 0 Å². The van der Waals surface area contributed by atoms with Crippen LogP contribution in [-0.4, -0.2) is 75.7 Å². The van der Waals surface area contributed by atoms with Gasteiger partial charge in [-0.3, -0.25) is 14.4 Å². The third kappa shape index (κ3) is 8.25. The summed E-state index contributed by atoms with van der Waals surface area (Å²) in [5.74, 6) is -3.72. The molecular weight excluding hydrogens is 408 g/mol. The first kappa shape index (κ1) is 26.5.